The van der Waals surface area contributed by atoms with Gasteiger partial charge >= 0.3 is 0 Å². The summed E-state index contributed by atoms with van der Waals surface area (Å²) in [5.41, 5.74) is 0. The van der Waals surface area contributed by atoms with Crippen LogP contribution in [0.2, 0.25) is 0 Å². The van der Waals surface area contributed by atoms with Crippen molar-refractivity contribution in [3.8, 4) is 0 Å². The molecule has 1 aliphatic rings. The van der Waals surface area contributed by atoms with Gasteiger partial charge in [-0.2, -0.15) is 0 Å². The highest BCUT2D eigenvalue weighted by molar-refractivity contribution is 8.00. The normalized spacial score (nSPS) is 26.7. The molecule has 0 amide bonds. The summed E-state index contributed by atoms with van der Waals surface area (Å²) >= 11 is 1.62. The van der Waals surface area contributed by atoms with Crippen LogP contribution in [0.5, 0.6) is 0 Å². The summed E-state index contributed by atoms with van der Waals surface area (Å²) in [6.45, 7) is 4.06. The fourth-order valence-electron chi connectivity index (χ4n) is 1.32. The third kappa shape index (κ3) is 2.33. The molecule has 2 N–H and O–H groups in total. The Morgan fingerprint density at radius 3 is 2.91 bits per heavy atom. The van der Waals surface area contributed by atoms with Crippen molar-refractivity contribution in [3.63, 3.8) is 0 Å². The van der Waals surface area contributed by atoms with Crippen LogP contribution in [0.15, 0.2) is 0 Å². The molecule has 1 unspecified atom stereocenters. The summed E-state index contributed by atoms with van der Waals surface area (Å²) in [6.07, 6.45) is -0.113. The van der Waals surface area contributed by atoms with E-state index in [0.717, 1.165) is 25.3 Å². The molecule has 1 heterocycles. The van der Waals surface area contributed by atoms with Gasteiger partial charge in [-0.25, -0.2) is 0 Å². The van der Waals surface area contributed by atoms with Gasteiger partial charge in [-0.3, -0.25) is 4.90 Å². The quantitative estimate of drug-likeness (QED) is 0.599. The van der Waals surface area contributed by atoms with Crippen molar-refractivity contribution in [3.05, 3.63) is 0 Å². The van der Waals surface area contributed by atoms with Crippen LogP contribution in [-0.2, 0) is 0 Å². The van der Waals surface area contributed by atoms with Gasteiger partial charge in [0.1, 0.15) is 5.37 Å². The van der Waals surface area contributed by atoms with Crippen LogP contribution >= 0.6 is 11.8 Å². The van der Waals surface area contributed by atoms with Crippen molar-refractivity contribution in [1.29, 1.82) is 0 Å². The van der Waals surface area contributed by atoms with Gasteiger partial charge in [0.05, 0.1) is 0 Å². The smallest absolute Gasteiger partial charge is 0.177 e. The van der Waals surface area contributed by atoms with Gasteiger partial charge in [0.2, 0.25) is 0 Å². The largest absolute Gasteiger partial charge is 0.366 e. The Morgan fingerprint density at radius 2 is 2.36 bits per heavy atom. The molecule has 1 rings (SSSR count). The topological polar surface area (TPSA) is 43.7 Å². The van der Waals surface area contributed by atoms with Crippen LogP contribution in [0.4, 0.5) is 0 Å². The van der Waals surface area contributed by atoms with Crippen molar-refractivity contribution >= 4 is 11.8 Å². The first-order chi connectivity index (χ1) is 5.25. The van der Waals surface area contributed by atoms with E-state index in [2.05, 4.69) is 11.8 Å². The van der Waals surface area contributed by atoms with Crippen molar-refractivity contribution in [1.82, 2.24) is 4.90 Å². The molecule has 1 saturated heterocycles. The highest BCUT2D eigenvalue weighted by Gasteiger charge is 2.29. The molecular formula is C7H15NO2S. The number of nitrogens with zero attached hydrogens (tertiary/aromatic N) is 1. The second-order valence-electron chi connectivity index (χ2n) is 2.71. The Labute approximate surface area is 71.4 Å². The van der Waals surface area contributed by atoms with Crippen molar-refractivity contribution in [2.24, 2.45) is 0 Å². The van der Waals surface area contributed by atoms with E-state index in [4.69, 9.17) is 10.2 Å². The van der Waals surface area contributed by atoms with Gasteiger partial charge in [-0.1, -0.05) is 6.92 Å². The highest BCUT2D eigenvalue weighted by atomic mass is 32.2. The highest BCUT2D eigenvalue weighted by Crippen LogP contribution is 2.25. The molecule has 0 saturated carbocycles. The van der Waals surface area contributed by atoms with Crippen LogP contribution in [0, 0.1) is 0 Å². The fourth-order valence-corrected chi connectivity index (χ4v) is 2.50. The first-order valence-electron chi connectivity index (χ1n) is 3.97. The molecule has 11 heavy (non-hydrogen) atoms. The summed E-state index contributed by atoms with van der Waals surface area (Å²) < 4.78 is 0. The van der Waals surface area contributed by atoms with Gasteiger partial charge in [-0.15, -0.1) is 11.8 Å². The Morgan fingerprint density at radius 1 is 1.64 bits per heavy atom. The molecule has 0 aromatic carbocycles. The van der Waals surface area contributed by atoms with E-state index in [0.29, 0.717) is 0 Å². The third-order valence-corrected chi connectivity index (χ3v) is 3.09. The number of rotatable bonds is 3. The SMILES string of the molecule is CCCN1CCSC1C(O)O. The van der Waals surface area contributed by atoms with Crippen LogP contribution in [0.25, 0.3) is 0 Å². The summed E-state index contributed by atoms with van der Waals surface area (Å²) in [4.78, 5) is 2.12. The first kappa shape index (κ1) is 9.32. The lowest BCUT2D eigenvalue weighted by molar-refractivity contribution is -0.0691. The minimum absolute atomic E-state index is 0.0880. The number of aliphatic hydroxyl groups is 2. The number of hydrogen-bond acceptors (Lipinski definition) is 4. The predicted molar refractivity (Wildman–Crippen MR) is 46.3 cm³/mol. The zero-order valence-electron chi connectivity index (χ0n) is 6.73. The molecule has 0 aromatic rings. The first-order valence-corrected chi connectivity index (χ1v) is 5.02. The molecule has 66 valence electrons. The standard InChI is InChI=1S/C7H15NO2S/c1-2-3-8-4-5-11-6(8)7(9)10/h6-7,9-10H,2-5H2,1H3. The molecule has 0 bridgehead atoms. The summed E-state index contributed by atoms with van der Waals surface area (Å²) in [7, 11) is 0. The fraction of sp³-hybridized carbons (Fsp3) is 1.00. The van der Waals surface area contributed by atoms with E-state index in [1.807, 2.05) is 0 Å². The van der Waals surface area contributed by atoms with Gasteiger partial charge in [0, 0.05) is 12.3 Å². The molecular weight excluding hydrogens is 162 g/mol. The second kappa shape index (κ2) is 4.30. The van der Waals surface area contributed by atoms with E-state index in [-0.39, 0.29) is 5.37 Å². The summed E-state index contributed by atoms with van der Waals surface area (Å²) in [5.74, 6) is 1.02. The lowest BCUT2D eigenvalue weighted by Gasteiger charge is -2.23. The molecule has 0 aliphatic carbocycles. The van der Waals surface area contributed by atoms with E-state index >= 15 is 0 Å². The second-order valence-corrected chi connectivity index (χ2v) is 3.94. The maximum absolute atomic E-state index is 8.94. The van der Waals surface area contributed by atoms with Crippen molar-refractivity contribution < 1.29 is 10.2 Å². The average Bonchev–Trinajstić information content (AvgIpc) is 2.36. The number of thioether (sulfide) groups is 1. The maximum atomic E-state index is 8.94. The lowest BCUT2D eigenvalue weighted by Crippen LogP contribution is -2.37. The van der Waals surface area contributed by atoms with E-state index in [1.165, 1.54) is 0 Å². The maximum Gasteiger partial charge on any atom is 0.177 e. The molecule has 1 aliphatic heterocycles. The zero-order chi connectivity index (χ0) is 8.27. The predicted octanol–water partition coefficient (Wildman–Crippen LogP) is 0.0820. The van der Waals surface area contributed by atoms with Crippen LogP contribution in [0.1, 0.15) is 13.3 Å². The molecule has 3 nitrogen and oxygen atoms in total. The van der Waals surface area contributed by atoms with E-state index in [9.17, 15) is 0 Å². The van der Waals surface area contributed by atoms with Crippen LogP contribution < -0.4 is 0 Å². The molecule has 4 heteroatoms. The summed E-state index contributed by atoms with van der Waals surface area (Å²) in [5, 5.41) is 17.8. The Bertz CT molecular complexity index is 121. The number of aliphatic hydroxyl groups excluding tert-OH is 1. The molecule has 1 fully saturated rings. The average molecular weight is 177 g/mol. The third-order valence-electron chi connectivity index (χ3n) is 1.79. The van der Waals surface area contributed by atoms with Gasteiger partial charge < -0.3 is 10.2 Å². The van der Waals surface area contributed by atoms with Crippen molar-refractivity contribution in [2.45, 2.75) is 25.0 Å². The zero-order valence-corrected chi connectivity index (χ0v) is 7.55. The molecule has 0 spiro atoms. The van der Waals surface area contributed by atoms with Crippen LogP contribution in [-0.4, -0.2) is 45.6 Å². The monoisotopic (exact) mass is 177 g/mol. The Hall–Kier alpha value is 0.230. The molecule has 0 radical (unpaired) electrons. The van der Waals surface area contributed by atoms with Gasteiger partial charge in [0.15, 0.2) is 6.29 Å². The van der Waals surface area contributed by atoms with Gasteiger partial charge in [-0.05, 0) is 13.0 Å². The minimum Gasteiger partial charge on any atom is -0.366 e. The molecule has 1 atom stereocenters. The summed E-state index contributed by atoms with van der Waals surface area (Å²) in [6, 6.07) is 0. The molecule has 0 aromatic heterocycles. The number of hydrogen-bond donors (Lipinski definition) is 2. The van der Waals surface area contributed by atoms with Gasteiger partial charge in [0.25, 0.3) is 0 Å². The minimum atomic E-state index is -1.19. The lowest BCUT2D eigenvalue weighted by atomic mass is 10.4. The Kier molecular flexibility index (Phi) is 3.65. The Balaban J connectivity index is 2.37. The van der Waals surface area contributed by atoms with E-state index in [1.54, 1.807) is 11.8 Å². The van der Waals surface area contributed by atoms with Crippen molar-refractivity contribution in [2.75, 3.05) is 18.8 Å². The van der Waals surface area contributed by atoms with E-state index < -0.39 is 6.29 Å². The van der Waals surface area contributed by atoms with Crippen LogP contribution in [0.3, 0.4) is 0 Å².